The maximum absolute atomic E-state index is 12.2. The molecule has 1 saturated heterocycles. The monoisotopic (exact) mass is 512 g/mol. The Labute approximate surface area is 202 Å². The van der Waals surface area contributed by atoms with Crippen molar-refractivity contribution in [1.82, 2.24) is 5.32 Å². The summed E-state index contributed by atoms with van der Waals surface area (Å²) in [7, 11) is 0. The van der Waals surface area contributed by atoms with Crippen molar-refractivity contribution in [2.45, 2.75) is 26.2 Å². The lowest BCUT2D eigenvalue weighted by Gasteiger charge is -2.21. The number of halogens is 2. The minimum absolute atomic E-state index is 0.449. The number of hydrogen-bond acceptors (Lipinski definition) is 3. The molecule has 0 aliphatic carbocycles. The highest BCUT2D eigenvalue weighted by Gasteiger charge is 2.17. The van der Waals surface area contributed by atoms with Crippen LogP contribution in [0.4, 0.5) is 10.5 Å². The van der Waals surface area contributed by atoms with Crippen molar-refractivity contribution in [2.75, 3.05) is 24.5 Å². The summed E-state index contributed by atoms with van der Waals surface area (Å²) in [6, 6.07) is 19.4. The SMILES string of the molecule is Cc1c(CCNC(=O)Oc2ccc(-c3ccc(Cl)cc3)cc2)ccc(N2CCCC2)c1Br. The molecule has 0 saturated carbocycles. The van der Waals surface area contributed by atoms with E-state index in [9.17, 15) is 4.79 Å². The first-order valence-corrected chi connectivity index (χ1v) is 12.0. The van der Waals surface area contributed by atoms with Crippen LogP contribution in [-0.4, -0.2) is 25.7 Å². The van der Waals surface area contributed by atoms with Gasteiger partial charge in [0.25, 0.3) is 0 Å². The molecule has 1 heterocycles. The molecule has 4 nitrogen and oxygen atoms in total. The van der Waals surface area contributed by atoms with E-state index in [1.54, 1.807) is 12.1 Å². The highest BCUT2D eigenvalue weighted by Crippen LogP contribution is 2.33. The quantitative estimate of drug-likeness (QED) is 0.385. The Morgan fingerprint density at radius 3 is 2.28 bits per heavy atom. The molecule has 166 valence electrons. The van der Waals surface area contributed by atoms with E-state index < -0.39 is 6.09 Å². The van der Waals surface area contributed by atoms with Crippen LogP contribution in [0.25, 0.3) is 11.1 Å². The molecule has 3 aromatic carbocycles. The fourth-order valence-corrected chi connectivity index (χ4v) is 4.75. The minimum Gasteiger partial charge on any atom is -0.410 e. The number of carbonyl (C=O) groups excluding carboxylic acids is 1. The van der Waals surface area contributed by atoms with Crippen molar-refractivity contribution in [3.05, 3.63) is 81.3 Å². The Hall–Kier alpha value is -2.50. The number of benzene rings is 3. The Morgan fingerprint density at radius 1 is 1.00 bits per heavy atom. The minimum atomic E-state index is -0.449. The van der Waals surface area contributed by atoms with Gasteiger partial charge in [0.1, 0.15) is 5.75 Å². The highest BCUT2D eigenvalue weighted by atomic mass is 79.9. The van der Waals surface area contributed by atoms with Gasteiger partial charge in [0, 0.05) is 29.1 Å². The van der Waals surface area contributed by atoms with Crippen molar-refractivity contribution in [2.24, 2.45) is 0 Å². The summed E-state index contributed by atoms with van der Waals surface area (Å²) in [5.41, 5.74) is 5.79. The number of nitrogens with one attached hydrogen (secondary N) is 1. The van der Waals surface area contributed by atoms with Crippen LogP contribution in [0.15, 0.2) is 65.1 Å². The second-order valence-electron chi connectivity index (χ2n) is 7.97. The fourth-order valence-electron chi connectivity index (χ4n) is 3.98. The first-order valence-electron chi connectivity index (χ1n) is 10.9. The summed E-state index contributed by atoms with van der Waals surface area (Å²) >= 11 is 9.72. The normalized spacial score (nSPS) is 13.3. The number of amides is 1. The smallest absolute Gasteiger partial charge is 0.410 e. The van der Waals surface area contributed by atoms with Gasteiger partial charge in [-0.05, 0) is 94.7 Å². The number of carbonyl (C=O) groups is 1. The van der Waals surface area contributed by atoms with E-state index in [-0.39, 0.29) is 0 Å². The predicted octanol–water partition coefficient (Wildman–Crippen LogP) is 7.01. The van der Waals surface area contributed by atoms with Gasteiger partial charge in [-0.2, -0.15) is 0 Å². The lowest BCUT2D eigenvalue weighted by atomic mass is 10.0. The maximum Gasteiger partial charge on any atom is 0.412 e. The Balaban J connectivity index is 1.29. The molecule has 0 radical (unpaired) electrons. The molecule has 1 aliphatic heterocycles. The third kappa shape index (κ3) is 5.45. The molecule has 1 N–H and O–H groups in total. The molecule has 0 bridgehead atoms. The van der Waals surface area contributed by atoms with Crippen LogP contribution in [0.2, 0.25) is 5.02 Å². The van der Waals surface area contributed by atoms with Gasteiger partial charge in [-0.15, -0.1) is 0 Å². The topological polar surface area (TPSA) is 41.6 Å². The number of nitrogens with zero attached hydrogens (tertiary/aromatic N) is 1. The van der Waals surface area contributed by atoms with Gasteiger partial charge >= 0.3 is 6.09 Å². The summed E-state index contributed by atoms with van der Waals surface area (Å²) in [6.07, 6.45) is 2.80. The third-order valence-corrected chi connectivity index (χ3v) is 7.08. The zero-order valence-corrected chi connectivity index (χ0v) is 20.4. The van der Waals surface area contributed by atoms with Crippen LogP contribution in [0, 0.1) is 6.92 Å². The highest BCUT2D eigenvalue weighted by molar-refractivity contribution is 9.10. The van der Waals surface area contributed by atoms with E-state index in [1.807, 2.05) is 36.4 Å². The molecular weight excluding hydrogens is 488 g/mol. The second kappa shape index (κ2) is 10.4. The third-order valence-electron chi connectivity index (χ3n) is 5.83. The van der Waals surface area contributed by atoms with Crippen molar-refractivity contribution in [3.8, 4) is 16.9 Å². The standard InChI is InChI=1S/C26H26BrClN2O2/c1-18-19(8-13-24(25(18)27)30-16-2-3-17-30)14-15-29-26(31)32-23-11-6-21(7-12-23)20-4-9-22(28)10-5-20/h4-13H,2-3,14-17H2,1H3,(H,29,31). The van der Waals surface area contributed by atoms with E-state index in [0.717, 1.165) is 35.1 Å². The zero-order valence-electron chi connectivity index (χ0n) is 18.0. The van der Waals surface area contributed by atoms with E-state index in [1.165, 1.54) is 29.7 Å². The van der Waals surface area contributed by atoms with Gasteiger partial charge in [-0.1, -0.05) is 41.9 Å². The number of hydrogen-bond donors (Lipinski definition) is 1. The fraction of sp³-hybridized carbons (Fsp3) is 0.269. The van der Waals surface area contributed by atoms with Crippen molar-refractivity contribution < 1.29 is 9.53 Å². The van der Waals surface area contributed by atoms with Crippen molar-refractivity contribution in [1.29, 1.82) is 0 Å². The van der Waals surface area contributed by atoms with Crippen LogP contribution < -0.4 is 15.0 Å². The lowest BCUT2D eigenvalue weighted by Crippen LogP contribution is -2.29. The van der Waals surface area contributed by atoms with Crippen LogP contribution in [0.1, 0.15) is 24.0 Å². The van der Waals surface area contributed by atoms with Crippen LogP contribution in [0.5, 0.6) is 5.75 Å². The van der Waals surface area contributed by atoms with Crippen LogP contribution in [0.3, 0.4) is 0 Å². The maximum atomic E-state index is 12.2. The van der Waals surface area contributed by atoms with Crippen LogP contribution in [-0.2, 0) is 6.42 Å². The molecular formula is C26H26BrClN2O2. The number of anilines is 1. The van der Waals surface area contributed by atoms with Gasteiger partial charge in [0.05, 0.1) is 5.69 Å². The summed E-state index contributed by atoms with van der Waals surface area (Å²) in [6.45, 7) is 4.87. The Bertz CT molecular complexity index is 1080. The number of ether oxygens (including phenoxy) is 1. The van der Waals surface area contributed by atoms with Gasteiger partial charge in [-0.3, -0.25) is 0 Å². The van der Waals surface area contributed by atoms with Gasteiger partial charge in [0.15, 0.2) is 0 Å². The van der Waals surface area contributed by atoms with Crippen molar-refractivity contribution >= 4 is 39.3 Å². The van der Waals surface area contributed by atoms with E-state index >= 15 is 0 Å². The molecule has 3 aromatic rings. The molecule has 32 heavy (non-hydrogen) atoms. The summed E-state index contributed by atoms with van der Waals surface area (Å²) < 4.78 is 6.57. The van der Waals surface area contributed by atoms with E-state index in [2.05, 4.69) is 45.2 Å². The zero-order chi connectivity index (χ0) is 22.5. The largest absolute Gasteiger partial charge is 0.412 e. The summed E-state index contributed by atoms with van der Waals surface area (Å²) in [5.74, 6) is 0.508. The van der Waals surface area contributed by atoms with E-state index in [4.69, 9.17) is 16.3 Å². The lowest BCUT2D eigenvalue weighted by molar-refractivity contribution is 0.200. The molecule has 6 heteroatoms. The van der Waals surface area contributed by atoms with Gasteiger partial charge in [0.2, 0.25) is 0 Å². The first kappa shape index (κ1) is 22.7. The van der Waals surface area contributed by atoms with Gasteiger partial charge in [-0.25, -0.2) is 4.79 Å². The first-order chi connectivity index (χ1) is 15.5. The van der Waals surface area contributed by atoms with Gasteiger partial charge < -0.3 is 15.0 Å². The predicted molar refractivity (Wildman–Crippen MR) is 135 cm³/mol. The van der Waals surface area contributed by atoms with Crippen molar-refractivity contribution in [3.63, 3.8) is 0 Å². The molecule has 0 aromatic heterocycles. The molecule has 1 amide bonds. The average Bonchev–Trinajstić information content (AvgIpc) is 3.32. The Morgan fingerprint density at radius 2 is 1.62 bits per heavy atom. The molecule has 1 fully saturated rings. The molecule has 1 aliphatic rings. The average molecular weight is 514 g/mol. The molecule has 0 atom stereocenters. The van der Waals surface area contributed by atoms with Crippen LogP contribution >= 0.6 is 27.5 Å². The molecule has 0 spiro atoms. The molecule has 0 unspecified atom stereocenters. The Kier molecular flexibility index (Phi) is 7.38. The summed E-state index contributed by atoms with van der Waals surface area (Å²) in [4.78, 5) is 14.6. The number of rotatable bonds is 6. The summed E-state index contributed by atoms with van der Waals surface area (Å²) in [5, 5.41) is 3.55. The second-order valence-corrected chi connectivity index (χ2v) is 9.20. The van der Waals surface area contributed by atoms with E-state index in [0.29, 0.717) is 17.3 Å². The molecule has 4 rings (SSSR count).